The highest BCUT2D eigenvalue weighted by Gasteiger charge is 2.24. The molecule has 5 heteroatoms. The van der Waals surface area contributed by atoms with Crippen molar-refractivity contribution in [1.82, 2.24) is 4.31 Å². The Kier molecular flexibility index (Phi) is 7.07. The lowest BCUT2D eigenvalue weighted by molar-refractivity contribution is 0.401. The van der Waals surface area contributed by atoms with Crippen LogP contribution >= 0.6 is 0 Å². The van der Waals surface area contributed by atoms with Crippen LogP contribution in [-0.4, -0.2) is 25.8 Å². The van der Waals surface area contributed by atoms with Crippen molar-refractivity contribution in [1.29, 1.82) is 0 Å². The molecule has 0 fully saturated rings. The summed E-state index contributed by atoms with van der Waals surface area (Å²) >= 11 is 0. The van der Waals surface area contributed by atoms with Gasteiger partial charge in [-0.2, -0.15) is 4.31 Å². The highest BCUT2D eigenvalue weighted by Crippen LogP contribution is 2.22. The van der Waals surface area contributed by atoms with Gasteiger partial charge in [0, 0.05) is 31.9 Å². The van der Waals surface area contributed by atoms with Gasteiger partial charge in [0.15, 0.2) is 0 Å². The van der Waals surface area contributed by atoms with Gasteiger partial charge in [-0.3, -0.25) is 0 Å². The molecule has 0 bridgehead atoms. The number of anilines is 1. The average Bonchev–Trinajstić information content (AvgIpc) is 2.76. The second kappa shape index (κ2) is 9.72. The van der Waals surface area contributed by atoms with Gasteiger partial charge in [0.2, 0.25) is 10.0 Å². The van der Waals surface area contributed by atoms with Crippen molar-refractivity contribution in [3.63, 3.8) is 0 Å². The summed E-state index contributed by atoms with van der Waals surface area (Å²) in [6.45, 7) is 6.80. The van der Waals surface area contributed by atoms with Crippen LogP contribution in [0.15, 0.2) is 89.8 Å². The quantitative estimate of drug-likeness (QED) is 0.504. The van der Waals surface area contributed by atoms with E-state index in [0.29, 0.717) is 18.0 Å². The molecular weight excluding hydrogens is 380 g/mol. The van der Waals surface area contributed by atoms with Gasteiger partial charge in [-0.1, -0.05) is 60.7 Å². The van der Waals surface area contributed by atoms with Crippen LogP contribution in [-0.2, 0) is 23.1 Å². The fourth-order valence-electron chi connectivity index (χ4n) is 3.36. The SMILES string of the molecule is CCN(CC)c1ccc(CN(Cc2ccccc2)S(=O)(=O)c2ccccc2)cc1. The van der Waals surface area contributed by atoms with Gasteiger partial charge >= 0.3 is 0 Å². The first-order valence-electron chi connectivity index (χ1n) is 9.97. The van der Waals surface area contributed by atoms with Crippen LogP contribution in [0.5, 0.6) is 0 Å². The number of hydrogen-bond acceptors (Lipinski definition) is 3. The molecule has 29 heavy (non-hydrogen) atoms. The van der Waals surface area contributed by atoms with Crippen LogP contribution in [0, 0.1) is 0 Å². The highest BCUT2D eigenvalue weighted by atomic mass is 32.2. The number of hydrogen-bond donors (Lipinski definition) is 0. The molecule has 0 saturated carbocycles. The molecule has 0 aliphatic rings. The molecule has 0 aliphatic carbocycles. The smallest absolute Gasteiger partial charge is 0.243 e. The second-order valence-corrected chi connectivity index (χ2v) is 8.85. The van der Waals surface area contributed by atoms with E-state index in [1.165, 1.54) is 0 Å². The van der Waals surface area contributed by atoms with Gasteiger partial charge in [0.1, 0.15) is 0 Å². The minimum Gasteiger partial charge on any atom is -0.372 e. The van der Waals surface area contributed by atoms with Crippen LogP contribution < -0.4 is 4.90 Å². The zero-order chi connectivity index (χ0) is 20.7. The molecule has 0 unspecified atom stereocenters. The molecule has 3 aromatic rings. The van der Waals surface area contributed by atoms with Crippen LogP contribution in [0.4, 0.5) is 5.69 Å². The van der Waals surface area contributed by atoms with E-state index in [2.05, 4.69) is 30.9 Å². The minimum atomic E-state index is -3.61. The monoisotopic (exact) mass is 408 g/mol. The summed E-state index contributed by atoms with van der Waals surface area (Å²) in [5.74, 6) is 0. The van der Waals surface area contributed by atoms with E-state index in [-0.39, 0.29) is 0 Å². The maximum absolute atomic E-state index is 13.3. The van der Waals surface area contributed by atoms with Gasteiger partial charge in [0.25, 0.3) is 0 Å². The summed E-state index contributed by atoms with van der Waals surface area (Å²) in [7, 11) is -3.61. The van der Waals surface area contributed by atoms with Crippen LogP contribution in [0.25, 0.3) is 0 Å². The molecule has 0 radical (unpaired) electrons. The van der Waals surface area contributed by atoms with Crippen molar-refractivity contribution in [3.8, 4) is 0 Å². The Balaban J connectivity index is 1.89. The van der Waals surface area contributed by atoms with Gasteiger partial charge in [-0.15, -0.1) is 0 Å². The molecule has 3 aromatic carbocycles. The van der Waals surface area contributed by atoms with Crippen LogP contribution in [0.1, 0.15) is 25.0 Å². The summed E-state index contributed by atoms with van der Waals surface area (Å²) in [4.78, 5) is 2.59. The van der Waals surface area contributed by atoms with E-state index in [1.807, 2.05) is 48.5 Å². The van der Waals surface area contributed by atoms with Gasteiger partial charge in [-0.05, 0) is 49.2 Å². The third-order valence-corrected chi connectivity index (χ3v) is 6.81. The summed E-state index contributed by atoms with van der Waals surface area (Å²) in [5.41, 5.74) is 3.09. The maximum Gasteiger partial charge on any atom is 0.243 e. The topological polar surface area (TPSA) is 40.6 Å². The first kappa shape index (κ1) is 21.1. The fourth-order valence-corrected chi connectivity index (χ4v) is 4.80. The van der Waals surface area contributed by atoms with Crippen molar-refractivity contribution in [2.75, 3.05) is 18.0 Å². The Hall–Kier alpha value is -2.63. The number of rotatable bonds is 9. The summed E-state index contributed by atoms with van der Waals surface area (Å²) in [5, 5.41) is 0. The Morgan fingerprint density at radius 2 is 1.14 bits per heavy atom. The third kappa shape index (κ3) is 5.25. The maximum atomic E-state index is 13.3. The second-order valence-electron chi connectivity index (χ2n) is 6.91. The zero-order valence-electron chi connectivity index (χ0n) is 17.0. The molecule has 0 heterocycles. The lowest BCUT2D eigenvalue weighted by Crippen LogP contribution is -2.30. The molecule has 0 amide bonds. The van der Waals surface area contributed by atoms with Crippen molar-refractivity contribution < 1.29 is 8.42 Å². The number of benzene rings is 3. The molecular formula is C24H28N2O2S. The zero-order valence-corrected chi connectivity index (χ0v) is 17.8. The first-order chi connectivity index (χ1) is 14.0. The van der Waals surface area contributed by atoms with E-state index in [1.54, 1.807) is 28.6 Å². The molecule has 0 aromatic heterocycles. The molecule has 0 aliphatic heterocycles. The van der Waals surface area contributed by atoms with Crippen molar-refractivity contribution in [2.45, 2.75) is 31.8 Å². The number of nitrogens with zero attached hydrogens (tertiary/aromatic N) is 2. The average molecular weight is 409 g/mol. The summed E-state index contributed by atoms with van der Waals surface area (Å²) in [6, 6.07) is 26.5. The van der Waals surface area contributed by atoms with E-state index in [0.717, 1.165) is 29.9 Å². The standard InChI is InChI=1S/C24H28N2O2S/c1-3-25(4-2)23-17-15-22(16-18-23)20-26(19-21-11-7-5-8-12-21)29(27,28)24-13-9-6-10-14-24/h5-18H,3-4,19-20H2,1-2H3. The Morgan fingerprint density at radius 3 is 1.66 bits per heavy atom. The van der Waals surface area contributed by atoms with E-state index in [4.69, 9.17) is 0 Å². The largest absolute Gasteiger partial charge is 0.372 e. The Labute approximate surface area is 174 Å². The van der Waals surface area contributed by atoms with Gasteiger partial charge in [-0.25, -0.2) is 8.42 Å². The normalized spacial score (nSPS) is 11.6. The Morgan fingerprint density at radius 1 is 0.655 bits per heavy atom. The highest BCUT2D eigenvalue weighted by molar-refractivity contribution is 7.89. The molecule has 0 saturated heterocycles. The van der Waals surface area contributed by atoms with Crippen molar-refractivity contribution in [2.24, 2.45) is 0 Å². The van der Waals surface area contributed by atoms with Gasteiger partial charge in [0.05, 0.1) is 4.90 Å². The van der Waals surface area contributed by atoms with Crippen LogP contribution in [0.2, 0.25) is 0 Å². The predicted molar refractivity (Wildman–Crippen MR) is 119 cm³/mol. The lowest BCUT2D eigenvalue weighted by atomic mass is 10.1. The van der Waals surface area contributed by atoms with Crippen LogP contribution in [0.3, 0.4) is 0 Å². The van der Waals surface area contributed by atoms with E-state index >= 15 is 0 Å². The summed E-state index contributed by atoms with van der Waals surface area (Å²) < 4.78 is 28.2. The van der Waals surface area contributed by atoms with Crippen molar-refractivity contribution in [3.05, 3.63) is 96.1 Å². The third-order valence-electron chi connectivity index (χ3n) is 5.01. The molecule has 3 rings (SSSR count). The lowest BCUT2D eigenvalue weighted by Gasteiger charge is -2.24. The minimum absolute atomic E-state index is 0.315. The molecule has 152 valence electrons. The fraction of sp³-hybridized carbons (Fsp3) is 0.250. The molecule has 0 atom stereocenters. The van der Waals surface area contributed by atoms with E-state index in [9.17, 15) is 8.42 Å². The van der Waals surface area contributed by atoms with Crippen molar-refractivity contribution >= 4 is 15.7 Å². The first-order valence-corrected chi connectivity index (χ1v) is 11.4. The molecule has 0 N–H and O–H groups in total. The number of sulfonamides is 1. The summed E-state index contributed by atoms with van der Waals surface area (Å²) in [6.07, 6.45) is 0. The Bertz CT molecular complexity index is 984. The molecule has 4 nitrogen and oxygen atoms in total. The molecule has 0 spiro atoms. The predicted octanol–water partition coefficient (Wildman–Crippen LogP) is 4.92. The van der Waals surface area contributed by atoms with E-state index < -0.39 is 10.0 Å². The van der Waals surface area contributed by atoms with Gasteiger partial charge < -0.3 is 4.90 Å².